The monoisotopic (exact) mass is 267 g/mol. The van der Waals surface area contributed by atoms with Gasteiger partial charge in [-0.05, 0) is 12.1 Å². The Bertz CT molecular complexity index is 561. The summed E-state index contributed by atoms with van der Waals surface area (Å²) in [4.78, 5) is 11.2. The van der Waals surface area contributed by atoms with E-state index in [0.29, 0.717) is 11.5 Å². The van der Waals surface area contributed by atoms with Gasteiger partial charge in [0.2, 0.25) is 0 Å². The zero-order valence-electron chi connectivity index (χ0n) is 9.25. The highest BCUT2D eigenvalue weighted by molar-refractivity contribution is 6.16. The number of benzene rings is 1. The van der Waals surface area contributed by atoms with E-state index in [9.17, 15) is 9.90 Å². The molecule has 1 heterocycles. The smallest absolute Gasteiger partial charge is 0.337 e. The predicted molar refractivity (Wildman–Crippen MR) is 63.8 cm³/mol. The summed E-state index contributed by atoms with van der Waals surface area (Å²) in [6, 6.07) is 6.40. The first-order chi connectivity index (χ1) is 8.69. The number of aromatic nitrogens is 3. The fraction of sp³-hybridized carbons (Fsp3) is 0.182. The number of aliphatic hydroxyl groups excluding tert-OH is 1. The molecule has 94 valence electrons. The molecule has 2 rings (SSSR count). The van der Waals surface area contributed by atoms with Crippen molar-refractivity contribution in [2.45, 2.75) is 12.5 Å². The third kappa shape index (κ3) is 2.07. The lowest BCUT2D eigenvalue weighted by molar-refractivity contribution is 0.0697. The Morgan fingerprint density at radius 3 is 2.56 bits per heavy atom. The number of hydrogen-bond acceptors (Lipinski definition) is 4. The van der Waals surface area contributed by atoms with Crippen LogP contribution in [-0.4, -0.2) is 30.9 Å². The molecule has 1 aromatic carbocycles. The van der Waals surface area contributed by atoms with E-state index in [2.05, 4.69) is 10.2 Å². The number of halogens is 1. The van der Waals surface area contributed by atoms with Gasteiger partial charge < -0.3 is 10.2 Å². The second-order valence-corrected chi connectivity index (χ2v) is 3.75. The molecule has 0 fully saturated rings. The zero-order chi connectivity index (χ0) is 13.1. The molecule has 0 unspecified atom stereocenters. The minimum atomic E-state index is -1.07. The van der Waals surface area contributed by atoms with Gasteiger partial charge in [0.25, 0.3) is 0 Å². The number of carboxylic acid groups (broad SMARTS) is 1. The summed E-state index contributed by atoms with van der Waals surface area (Å²) in [7, 11) is 0. The average Bonchev–Trinajstić information content (AvgIpc) is 2.81. The van der Waals surface area contributed by atoms with Crippen LogP contribution < -0.4 is 0 Å². The molecule has 0 amide bonds. The lowest BCUT2D eigenvalue weighted by Gasteiger charge is -2.10. The summed E-state index contributed by atoms with van der Waals surface area (Å²) in [5, 5.41) is 25.9. The van der Waals surface area contributed by atoms with Crippen molar-refractivity contribution in [1.29, 1.82) is 0 Å². The van der Waals surface area contributed by atoms with Crippen molar-refractivity contribution in [3.63, 3.8) is 0 Å². The lowest BCUT2D eigenvalue weighted by atomic mass is 10.1. The maximum absolute atomic E-state index is 11.2. The molecule has 0 aliphatic carbocycles. The number of nitrogens with zero attached hydrogens (tertiary/aromatic N) is 3. The Hall–Kier alpha value is -1.92. The van der Waals surface area contributed by atoms with Gasteiger partial charge in [-0.1, -0.05) is 12.1 Å². The van der Waals surface area contributed by atoms with E-state index < -0.39 is 5.97 Å². The second kappa shape index (κ2) is 5.16. The van der Waals surface area contributed by atoms with Crippen LogP contribution in [0, 0.1) is 0 Å². The van der Waals surface area contributed by atoms with Crippen molar-refractivity contribution in [3.8, 4) is 5.69 Å². The number of rotatable bonds is 4. The van der Waals surface area contributed by atoms with E-state index in [1.807, 2.05) is 0 Å². The molecule has 2 aromatic rings. The van der Waals surface area contributed by atoms with Crippen molar-refractivity contribution in [1.82, 2.24) is 14.8 Å². The third-order valence-corrected chi connectivity index (χ3v) is 2.67. The van der Waals surface area contributed by atoms with Crippen LogP contribution in [0.25, 0.3) is 5.69 Å². The first-order valence-electron chi connectivity index (χ1n) is 5.11. The maximum atomic E-state index is 11.2. The molecular formula is C11H10ClN3O3. The van der Waals surface area contributed by atoms with Crippen LogP contribution in [0.3, 0.4) is 0 Å². The minimum absolute atomic E-state index is 0.0704. The summed E-state index contributed by atoms with van der Waals surface area (Å²) in [5.41, 5.74) is 0.480. The molecule has 0 saturated carbocycles. The Balaban J connectivity index is 2.68. The maximum Gasteiger partial charge on any atom is 0.337 e. The second-order valence-electron chi connectivity index (χ2n) is 3.48. The topological polar surface area (TPSA) is 88.2 Å². The first-order valence-corrected chi connectivity index (χ1v) is 5.65. The summed E-state index contributed by atoms with van der Waals surface area (Å²) in [6.45, 7) is -0.349. The van der Waals surface area contributed by atoms with Crippen molar-refractivity contribution in [2.75, 3.05) is 0 Å². The van der Waals surface area contributed by atoms with Crippen LogP contribution in [-0.2, 0) is 12.5 Å². The molecule has 0 atom stereocenters. The molecule has 1 aromatic heterocycles. The van der Waals surface area contributed by atoms with Crippen LogP contribution in [0.15, 0.2) is 24.3 Å². The Morgan fingerprint density at radius 2 is 1.94 bits per heavy atom. The van der Waals surface area contributed by atoms with Gasteiger partial charge in [-0.3, -0.25) is 4.57 Å². The van der Waals surface area contributed by atoms with E-state index in [1.54, 1.807) is 18.2 Å². The molecule has 7 heteroatoms. The van der Waals surface area contributed by atoms with E-state index in [-0.39, 0.29) is 23.9 Å². The van der Waals surface area contributed by atoms with Crippen molar-refractivity contribution in [3.05, 3.63) is 41.5 Å². The van der Waals surface area contributed by atoms with Crippen molar-refractivity contribution in [2.24, 2.45) is 0 Å². The van der Waals surface area contributed by atoms with Gasteiger partial charge in [-0.2, -0.15) is 0 Å². The van der Waals surface area contributed by atoms with E-state index >= 15 is 0 Å². The fourth-order valence-corrected chi connectivity index (χ4v) is 1.84. The number of hydrogen-bond donors (Lipinski definition) is 2. The summed E-state index contributed by atoms with van der Waals surface area (Å²) < 4.78 is 1.45. The molecule has 0 saturated heterocycles. The normalized spacial score (nSPS) is 10.6. The van der Waals surface area contributed by atoms with Crippen LogP contribution >= 0.6 is 11.6 Å². The van der Waals surface area contributed by atoms with Gasteiger partial charge in [0.05, 0.1) is 17.1 Å². The summed E-state index contributed by atoms with van der Waals surface area (Å²) in [6.07, 6.45) is 0. The zero-order valence-corrected chi connectivity index (χ0v) is 10.0. The highest BCUT2D eigenvalue weighted by Gasteiger charge is 2.17. The molecule has 6 nitrogen and oxygen atoms in total. The highest BCUT2D eigenvalue weighted by Crippen LogP contribution is 2.19. The number of para-hydroxylation sites is 1. The summed E-state index contributed by atoms with van der Waals surface area (Å²) in [5.74, 6) is -0.362. The fourth-order valence-electron chi connectivity index (χ4n) is 1.67. The standard InChI is InChI=1S/C11H10ClN3O3/c12-5-9-13-14-10(6-16)15(9)8-4-2-1-3-7(8)11(17)18/h1-4,16H,5-6H2,(H,17,18). The van der Waals surface area contributed by atoms with Gasteiger partial charge in [0, 0.05) is 0 Å². The van der Waals surface area contributed by atoms with Crippen LogP contribution in [0.1, 0.15) is 22.0 Å². The van der Waals surface area contributed by atoms with E-state index in [0.717, 1.165) is 0 Å². The Labute approximate surface area is 107 Å². The molecule has 0 radical (unpaired) electrons. The number of carbonyl (C=O) groups is 1. The molecule has 0 bridgehead atoms. The van der Waals surface area contributed by atoms with Crippen LogP contribution in [0.4, 0.5) is 0 Å². The Kier molecular flexibility index (Phi) is 3.59. The van der Waals surface area contributed by atoms with E-state index in [4.69, 9.17) is 16.7 Å². The van der Waals surface area contributed by atoms with Crippen molar-refractivity contribution < 1.29 is 15.0 Å². The SMILES string of the molecule is O=C(O)c1ccccc1-n1c(CO)nnc1CCl. The number of aromatic carboxylic acids is 1. The van der Waals surface area contributed by atoms with Crippen LogP contribution in [0.5, 0.6) is 0 Å². The van der Waals surface area contributed by atoms with E-state index in [1.165, 1.54) is 10.6 Å². The summed E-state index contributed by atoms with van der Waals surface area (Å²) >= 11 is 5.73. The predicted octanol–water partition coefficient (Wildman–Crippen LogP) is 1.20. The first kappa shape index (κ1) is 12.5. The van der Waals surface area contributed by atoms with Crippen molar-refractivity contribution >= 4 is 17.6 Å². The molecule has 0 spiro atoms. The van der Waals surface area contributed by atoms with Gasteiger partial charge in [0.15, 0.2) is 11.6 Å². The van der Waals surface area contributed by atoms with Gasteiger partial charge in [-0.15, -0.1) is 21.8 Å². The van der Waals surface area contributed by atoms with Gasteiger partial charge in [0.1, 0.15) is 6.61 Å². The molecular weight excluding hydrogens is 258 g/mol. The number of alkyl halides is 1. The largest absolute Gasteiger partial charge is 0.478 e. The molecule has 2 N–H and O–H groups in total. The number of aliphatic hydroxyl groups is 1. The number of carboxylic acids is 1. The molecule has 18 heavy (non-hydrogen) atoms. The van der Waals surface area contributed by atoms with Crippen LogP contribution in [0.2, 0.25) is 0 Å². The highest BCUT2D eigenvalue weighted by atomic mass is 35.5. The quantitative estimate of drug-likeness (QED) is 0.813. The third-order valence-electron chi connectivity index (χ3n) is 2.43. The molecule has 0 aliphatic rings. The van der Waals surface area contributed by atoms with Gasteiger partial charge in [-0.25, -0.2) is 4.79 Å². The lowest BCUT2D eigenvalue weighted by Crippen LogP contribution is -2.10. The minimum Gasteiger partial charge on any atom is -0.478 e. The molecule has 0 aliphatic heterocycles. The Morgan fingerprint density at radius 1 is 1.28 bits per heavy atom. The average molecular weight is 268 g/mol. The van der Waals surface area contributed by atoms with Gasteiger partial charge >= 0.3 is 5.97 Å².